The molecule has 0 aliphatic rings. The van der Waals surface area contributed by atoms with Gasteiger partial charge in [-0.05, 0) is 83.5 Å². The zero-order valence-corrected chi connectivity index (χ0v) is 54.1. The summed E-state index contributed by atoms with van der Waals surface area (Å²) in [5.74, 6) is -0.0502. The smallest absolute Gasteiger partial charge is 0.305 e. The van der Waals surface area contributed by atoms with Crippen LogP contribution in [0.1, 0.15) is 399 Å². The number of esters is 1. The molecule has 472 valence electrons. The van der Waals surface area contributed by atoms with Gasteiger partial charge in [-0.1, -0.05) is 339 Å². The van der Waals surface area contributed by atoms with Gasteiger partial charge in [0.25, 0.3) is 0 Å². The van der Waals surface area contributed by atoms with Crippen LogP contribution >= 0.6 is 0 Å². The Hall–Kier alpha value is -1.92. The van der Waals surface area contributed by atoms with Gasteiger partial charge >= 0.3 is 5.97 Å². The highest BCUT2D eigenvalue weighted by Crippen LogP contribution is 2.18. The van der Waals surface area contributed by atoms with Crippen molar-refractivity contribution in [3.05, 3.63) is 36.5 Å². The highest BCUT2D eigenvalue weighted by Gasteiger charge is 2.18. The van der Waals surface area contributed by atoms with Crippen molar-refractivity contribution < 1.29 is 24.5 Å². The predicted molar refractivity (Wildman–Crippen MR) is 352 cm³/mol. The van der Waals surface area contributed by atoms with Gasteiger partial charge in [-0.25, -0.2) is 0 Å². The lowest BCUT2D eigenvalue weighted by molar-refractivity contribution is -0.143. The molecule has 3 N–H and O–H groups in total. The van der Waals surface area contributed by atoms with Crippen molar-refractivity contribution in [2.45, 2.75) is 411 Å². The van der Waals surface area contributed by atoms with Crippen LogP contribution in [0.25, 0.3) is 0 Å². The number of carbonyl (C=O) groups is 2. The molecular weight excluding hydrogens is 983 g/mol. The fourth-order valence-electron chi connectivity index (χ4n) is 11.3. The topological polar surface area (TPSA) is 95.9 Å². The second kappa shape index (κ2) is 69.6. The molecule has 0 aromatic carbocycles. The van der Waals surface area contributed by atoms with Gasteiger partial charge in [0, 0.05) is 12.8 Å². The number of aliphatic hydroxyl groups is 2. The van der Waals surface area contributed by atoms with Crippen LogP contribution < -0.4 is 5.32 Å². The second-order valence-corrected chi connectivity index (χ2v) is 24.9. The number of allylic oxidation sites excluding steroid dienone is 5. The van der Waals surface area contributed by atoms with Crippen LogP contribution in [0, 0.1) is 0 Å². The number of aliphatic hydroxyl groups excluding tert-OH is 2. The van der Waals surface area contributed by atoms with E-state index in [0.29, 0.717) is 19.4 Å². The zero-order valence-electron chi connectivity index (χ0n) is 54.1. The van der Waals surface area contributed by atoms with E-state index in [4.69, 9.17) is 4.74 Å². The molecule has 0 radical (unpaired) electrons. The molecule has 0 fully saturated rings. The van der Waals surface area contributed by atoms with Crippen LogP contribution in [0.5, 0.6) is 0 Å². The summed E-state index contributed by atoms with van der Waals surface area (Å²) in [6.07, 6.45) is 89.7. The lowest BCUT2D eigenvalue weighted by atomic mass is 10.0. The van der Waals surface area contributed by atoms with Crippen molar-refractivity contribution in [3.8, 4) is 0 Å². The van der Waals surface area contributed by atoms with E-state index in [1.54, 1.807) is 6.08 Å². The number of nitrogens with one attached hydrogen (secondary N) is 1. The fourth-order valence-corrected chi connectivity index (χ4v) is 11.3. The van der Waals surface area contributed by atoms with E-state index in [1.807, 2.05) is 6.08 Å². The minimum Gasteiger partial charge on any atom is -0.466 e. The second-order valence-electron chi connectivity index (χ2n) is 24.9. The molecule has 80 heavy (non-hydrogen) atoms. The van der Waals surface area contributed by atoms with E-state index in [1.165, 1.54) is 327 Å². The molecule has 2 unspecified atom stereocenters. The molecule has 0 saturated heterocycles. The standard InChI is InChI=1S/C74H141NO5/c1-3-5-7-9-11-13-15-16-40-44-48-52-56-60-64-68-74(79)80-69-65-61-57-53-49-45-42-39-37-35-33-31-29-27-25-23-21-19-17-18-20-22-24-26-28-30-32-34-36-38-41-43-47-51-55-59-63-67-73(78)75-71(70-76)72(77)66-62-58-54-50-46-14-12-10-8-6-4-2/h16-17,19,40,62,66,71-72,76-77H,3-15,18,20-39,41-61,63-65,67-70H2,1-2H3,(H,75,78)/b19-17-,40-16-,66-62+. The monoisotopic (exact) mass is 1120 g/mol. The van der Waals surface area contributed by atoms with E-state index < -0.39 is 12.1 Å². The van der Waals surface area contributed by atoms with Crippen molar-refractivity contribution in [1.29, 1.82) is 0 Å². The number of hydrogen-bond acceptors (Lipinski definition) is 5. The first-order valence-electron chi connectivity index (χ1n) is 36.3. The summed E-state index contributed by atoms with van der Waals surface area (Å²) in [6, 6.07) is -0.623. The summed E-state index contributed by atoms with van der Waals surface area (Å²) >= 11 is 0. The van der Waals surface area contributed by atoms with Crippen LogP contribution in [0.2, 0.25) is 0 Å². The summed E-state index contributed by atoms with van der Waals surface area (Å²) < 4.78 is 5.49. The van der Waals surface area contributed by atoms with Crippen molar-refractivity contribution in [2.24, 2.45) is 0 Å². The predicted octanol–water partition coefficient (Wildman–Crippen LogP) is 23.5. The Morgan fingerprint density at radius 2 is 0.588 bits per heavy atom. The average molecular weight is 1120 g/mol. The number of ether oxygens (including phenoxy) is 1. The van der Waals surface area contributed by atoms with Crippen LogP contribution in [0.15, 0.2) is 36.5 Å². The van der Waals surface area contributed by atoms with Gasteiger partial charge in [0.15, 0.2) is 0 Å². The third-order valence-electron chi connectivity index (χ3n) is 16.9. The summed E-state index contributed by atoms with van der Waals surface area (Å²) in [5, 5.41) is 23.1. The number of unbranched alkanes of at least 4 members (excludes halogenated alkanes) is 53. The summed E-state index contributed by atoms with van der Waals surface area (Å²) in [7, 11) is 0. The average Bonchev–Trinajstić information content (AvgIpc) is 3.46. The zero-order chi connectivity index (χ0) is 57.8. The molecule has 0 aliphatic heterocycles. The number of hydrogen-bond donors (Lipinski definition) is 3. The Morgan fingerprint density at radius 3 is 0.887 bits per heavy atom. The molecule has 2 atom stereocenters. The minimum atomic E-state index is -0.840. The van der Waals surface area contributed by atoms with E-state index in [9.17, 15) is 19.8 Å². The van der Waals surface area contributed by atoms with E-state index in [0.717, 1.165) is 44.9 Å². The molecule has 0 spiro atoms. The third-order valence-corrected chi connectivity index (χ3v) is 16.9. The summed E-state index contributed by atoms with van der Waals surface area (Å²) in [4.78, 5) is 24.5. The highest BCUT2D eigenvalue weighted by atomic mass is 16.5. The van der Waals surface area contributed by atoms with E-state index >= 15 is 0 Å². The first-order chi connectivity index (χ1) is 39.5. The van der Waals surface area contributed by atoms with Crippen LogP contribution in [0.3, 0.4) is 0 Å². The maximum Gasteiger partial charge on any atom is 0.305 e. The maximum atomic E-state index is 12.4. The number of amides is 1. The number of rotatable bonds is 68. The molecule has 1 amide bonds. The van der Waals surface area contributed by atoms with Crippen LogP contribution in [-0.2, 0) is 14.3 Å². The maximum absolute atomic E-state index is 12.4. The van der Waals surface area contributed by atoms with Gasteiger partial charge in [-0.15, -0.1) is 0 Å². The van der Waals surface area contributed by atoms with E-state index in [2.05, 4.69) is 43.5 Å². The largest absolute Gasteiger partial charge is 0.466 e. The quantitative estimate of drug-likeness (QED) is 0.0320. The van der Waals surface area contributed by atoms with Gasteiger partial charge in [0.05, 0.1) is 25.4 Å². The molecule has 0 heterocycles. The van der Waals surface area contributed by atoms with Crippen molar-refractivity contribution in [1.82, 2.24) is 5.32 Å². The highest BCUT2D eigenvalue weighted by molar-refractivity contribution is 5.76. The van der Waals surface area contributed by atoms with Crippen LogP contribution in [0.4, 0.5) is 0 Å². The Kier molecular flexibility index (Phi) is 67.9. The fraction of sp³-hybridized carbons (Fsp3) is 0.892. The molecule has 0 aromatic rings. The first-order valence-corrected chi connectivity index (χ1v) is 36.3. The first kappa shape index (κ1) is 78.1. The lowest BCUT2D eigenvalue weighted by Gasteiger charge is -2.20. The van der Waals surface area contributed by atoms with Crippen molar-refractivity contribution in [3.63, 3.8) is 0 Å². The number of carbonyl (C=O) groups excluding carboxylic acids is 2. The Morgan fingerprint density at radius 1 is 0.338 bits per heavy atom. The van der Waals surface area contributed by atoms with Gasteiger partial charge < -0.3 is 20.3 Å². The third kappa shape index (κ3) is 65.2. The molecule has 0 aliphatic carbocycles. The minimum absolute atomic E-state index is 0.0136. The molecule has 0 aromatic heterocycles. The molecule has 0 bridgehead atoms. The van der Waals surface area contributed by atoms with Crippen molar-refractivity contribution in [2.75, 3.05) is 13.2 Å². The molecule has 6 heteroatoms. The molecule has 0 saturated carbocycles. The van der Waals surface area contributed by atoms with Crippen molar-refractivity contribution >= 4 is 11.9 Å². The van der Waals surface area contributed by atoms with E-state index in [-0.39, 0.29) is 18.5 Å². The molecular formula is C74H141NO5. The van der Waals surface area contributed by atoms with Gasteiger partial charge in [0.1, 0.15) is 0 Å². The van der Waals surface area contributed by atoms with Gasteiger partial charge in [0.2, 0.25) is 5.91 Å². The van der Waals surface area contributed by atoms with Gasteiger partial charge in [-0.2, -0.15) is 0 Å². The summed E-state index contributed by atoms with van der Waals surface area (Å²) in [6.45, 7) is 4.91. The Bertz CT molecular complexity index is 1300. The van der Waals surface area contributed by atoms with Crippen LogP contribution in [-0.4, -0.2) is 47.4 Å². The molecule has 0 rings (SSSR count). The SMILES string of the molecule is CCCCCCCC/C=C\CCCCCCCC(=O)OCCCCCCCCCCCCCCCCCC/C=C\CCCCCCCCCCCCCCCCCCCC(=O)NC(CO)C(O)/C=C/CCCCCCCCCCC. The Balaban J connectivity index is 3.32. The van der Waals surface area contributed by atoms with Gasteiger partial charge in [-0.3, -0.25) is 9.59 Å². The lowest BCUT2D eigenvalue weighted by Crippen LogP contribution is -2.45. The summed E-state index contributed by atoms with van der Waals surface area (Å²) in [5.41, 5.74) is 0. The Labute approximate surface area is 500 Å². The normalized spacial score (nSPS) is 12.7. The molecule has 6 nitrogen and oxygen atoms in total.